The van der Waals surface area contributed by atoms with E-state index in [0.29, 0.717) is 34.6 Å². The largest absolute Gasteiger partial charge is 0.469 e. The van der Waals surface area contributed by atoms with Crippen LogP contribution in [0.25, 0.3) is 0 Å². The van der Waals surface area contributed by atoms with Crippen LogP contribution in [0.2, 0.25) is 0 Å². The Hall–Kier alpha value is -1.61. The van der Waals surface area contributed by atoms with E-state index in [0.717, 1.165) is 12.8 Å². The van der Waals surface area contributed by atoms with E-state index < -0.39 is 0 Å². The van der Waals surface area contributed by atoms with E-state index in [4.69, 9.17) is 10.2 Å². The summed E-state index contributed by atoms with van der Waals surface area (Å²) in [6.07, 6.45) is 3.90. The normalized spacial score (nSPS) is 13.9. The van der Waals surface area contributed by atoms with E-state index in [1.54, 1.807) is 18.4 Å². The second kappa shape index (κ2) is 9.91. The van der Waals surface area contributed by atoms with Gasteiger partial charge in [-0.2, -0.15) is 0 Å². The Morgan fingerprint density at radius 2 is 2.15 bits per heavy atom. The molecular weight excluding hydrogens is 399 g/mol. The Morgan fingerprint density at radius 1 is 1.42 bits per heavy atom. The van der Waals surface area contributed by atoms with Crippen LogP contribution in [0.1, 0.15) is 34.7 Å². The molecule has 7 nitrogen and oxygen atoms in total. The van der Waals surface area contributed by atoms with Gasteiger partial charge in [0.25, 0.3) is 5.91 Å². The van der Waals surface area contributed by atoms with Crippen molar-refractivity contribution in [3.63, 3.8) is 0 Å². The number of anilines is 1. The van der Waals surface area contributed by atoms with Gasteiger partial charge in [-0.3, -0.25) is 14.9 Å². The molecule has 1 atom stereocenters. The van der Waals surface area contributed by atoms with Gasteiger partial charge in [0.05, 0.1) is 23.9 Å². The van der Waals surface area contributed by atoms with Crippen LogP contribution in [0.3, 0.4) is 0 Å². The lowest BCUT2D eigenvalue weighted by Crippen LogP contribution is -2.42. The van der Waals surface area contributed by atoms with E-state index in [-0.39, 0.29) is 49.1 Å². The van der Waals surface area contributed by atoms with Crippen LogP contribution in [0.4, 0.5) is 5.13 Å². The highest BCUT2D eigenvalue weighted by Gasteiger charge is 2.31. The summed E-state index contributed by atoms with van der Waals surface area (Å²) in [5.74, 6) is 0.703. The van der Waals surface area contributed by atoms with Crippen molar-refractivity contribution in [1.82, 2.24) is 10.3 Å². The number of thiazole rings is 1. The number of nitrogens with one attached hydrogen (secondary N) is 2. The molecule has 3 rings (SSSR count). The predicted octanol–water partition coefficient (Wildman–Crippen LogP) is 2.54. The van der Waals surface area contributed by atoms with Gasteiger partial charge in [-0.05, 0) is 31.7 Å². The number of aryl methyl sites for hydroxylation is 1. The number of aromatic nitrogens is 1. The fraction of sp³-hybridized carbons (Fsp3) is 0.438. The summed E-state index contributed by atoms with van der Waals surface area (Å²) in [4.78, 5) is 28.5. The minimum atomic E-state index is -0.275. The molecule has 10 heteroatoms. The molecule has 0 saturated heterocycles. The van der Waals surface area contributed by atoms with Crippen LogP contribution in [0.5, 0.6) is 0 Å². The zero-order chi connectivity index (χ0) is 17.1. The lowest BCUT2D eigenvalue weighted by molar-refractivity contribution is -0.121. The van der Waals surface area contributed by atoms with Gasteiger partial charge in [-0.1, -0.05) is 0 Å². The van der Waals surface area contributed by atoms with Gasteiger partial charge in [0.15, 0.2) is 5.13 Å². The third-order valence-corrected chi connectivity index (χ3v) is 4.82. The van der Waals surface area contributed by atoms with Gasteiger partial charge >= 0.3 is 0 Å². The van der Waals surface area contributed by atoms with Gasteiger partial charge in [-0.25, -0.2) is 4.98 Å². The van der Waals surface area contributed by atoms with E-state index in [1.165, 1.54) is 17.6 Å². The molecular formula is C16H22Cl2N4O3S. The second-order valence-electron chi connectivity index (χ2n) is 5.91. The quantitative estimate of drug-likeness (QED) is 0.637. The van der Waals surface area contributed by atoms with Crippen molar-refractivity contribution in [2.24, 2.45) is 11.7 Å². The van der Waals surface area contributed by atoms with Crippen molar-refractivity contribution in [3.05, 3.63) is 34.7 Å². The molecule has 0 bridgehead atoms. The Bertz CT molecular complexity index is 745. The Balaban J connectivity index is 0.00000169. The first-order valence-electron chi connectivity index (χ1n) is 7.86. The zero-order valence-corrected chi connectivity index (χ0v) is 16.6. The lowest BCUT2D eigenvalue weighted by Gasteiger charge is -2.15. The number of nitrogens with zero attached hydrogens (tertiary/aromatic N) is 1. The van der Waals surface area contributed by atoms with Crippen LogP contribution < -0.4 is 16.4 Å². The highest BCUT2D eigenvalue weighted by Crippen LogP contribution is 2.32. The summed E-state index contributed by atoms with van der Waals surface area (Å²) in [6, 6.07) is 1.66. The molecule has 2 aromatic heterocycles. The molecule has 2 amide bonds. The van der Waals surface area contributed by atoms with Crippen LogP contribution in [-0.2, 0) is 11.2 Å². The fourth-order valence-electron chi connectivity index (χ4n) is 2.52. The molecule has 1 aliphatic rings. The lowest BCUT2D eigenvalue weighted by atomic mass is 10.2. The average molecular weight is 421 g/mol. The highest BCUT2D eigenvalue weighted by molar-refractivity contribution is 7.14. The summed E-state index contributed by atoms with van der Waals surface area (Å²) in [5.41, 5.74) is 6.79. The van der Waals surface area contributed by atoms with Crippen molar-refractivity contribution in [3.8, 4) is 0 Å². The maximum absolute atomic E-state index is 12.1. The Morgan fingerprint density at radius 3 is 2.73 bits per heavy atom. The van der Waals surface area contributed by atoms with Crippen molar-refractivity contribution in [1.29, 1.82) is 0 Å². The van der Waals surface area contributed by atoms with E-state index in [2.05, 4.69) is 15.6 Å². The number of carbonyl (C=O) groups excluding carboxylic acids is 2. The third kappa shape index (κ3) is 5.70. The summed E-state index contributed by atoms with van der Waals surface area (Å²) >= 11 is 1.29. The van der Waals surface area contributed by atoms with Crippen molar-refractivity contribution in [2.45, 2.75) is 32.2 Å². The maximum Gasteiger partial charge on any atom is 0.260 e. The zero-order valence-electron chi connectivity index (χ0n) is 14.2. The number of hydrogen-bond acceptors (Lipinski definition) is 6. The molecule has 2 heterocycles. The molecule has 26 heavy (non-hydrogen) atoms. The minimum Gasteiger partial charge on any atom is -0.469 e. The molecule has 4 N–H and O–H groups in total. The number of carbonyl (C=O) groups is 2. The molecule has 0 radical (unpaired) electrons. The van der Waals surface area contributed by atoms with Crippen LogP contribution in [0.15, 0.2) is 22.1 Å². The average Bonchev–Trinajstić information content (AvgIpc) is 3.16. The summed E-state index contributed by atoms with van der Waals surface area (Å²) in [5, 5.41) is 7.90. The minimum absolute atomic E-state index is 0. The first-order chi connectivity index (χ1) is 11.6. The molecule has 1 fully saturated rings. The van der Waals surface area contributed by atoms with Crippen LogP contribution >= 0.6 is 36.2 Å². The van der Waals surface area contributed by atoms with Gasteiger partial charge in [-0.15, -0.1) is 36.2 Å². The number of amides is 2. The van der Waals surface area contributed by atoms with Crippen LogP contribution in [0, 0.1) is 12.8 Å². The summed E-state index contributed by atoms with van der Waals surface area (Å²) in [7, 11) is 0. The maximum atomic E-state index is 12.1. The topological polar surface area (TPSA) is 110 Å². The number of hydrogen-bond donors (Lipinski definition) is 3. The molecule has 2 aromatic rings. The molecule has 144 valence electrons. The van der Waals surface area contributed by atoms with E-state index in [9.17, 15) is 9.59 Å². The van der Waals surface area contributed by atoms with Gasteiger partial charge < -0.3 is 15.5 Å². The van der Waals surface area contributed by atoms with Crippen molar-refractivity contribution < 1.29 is 14.0 Å². The third-order valence-electron chi connectivity index (χ3n) is 4.01. The SMILES string of the molecule is Cc1occc1C(=O)Nc1nc(CC(=O)NC(CN)C2CC2)cs1.Cl.Cl. The summed E-state index contributed by atoms with van der Waals surface area (Å²) < 4.78 is 5.11. The molecule has 0 spiro atoms. The Labute approximate surface area is 167 Å². The molecule has 1 unspecified atom stereocenters. The first-order valence-corrected chi connectivity index (χ1v) is 8.74. The monoisotopic (exact) mass is 420 g/mol. The van der Waals surface area contributed by atoms with E-state index >= 15 is 0 Å². The fourth-order valence-corrected chi connectivity index (χ4v) is 3.23. The molecule has 1 aliphatic carbocycles. The highest BCUT2D eigenvalue weighted by atomic mass is 35.5. The van der Waals surface area contributed by atoms with Gasteiger partial charge in [0.1, 0.15) is 5.76 Å². The number of halogens is 2. The standard InChI is InChI=1S/C16H20N4O3S.2ClH/c1-9-12(4-5-23-9)15(22)20-16-18-11(8-24-16)6-14(21)19-13(7-17)10-2-3-10;;/h4-5,8,10,13H,2-3,6-7,17H2,1H3,(H,19,21)(H,18,20,22);2*1H. The van der Waals surface area contributed by atoms with E-state index in [1.807, 2.05) is 0 Å². The second-order valence-corrected chi connectivity index (χ2v) is 6.77. The molecule has 0 aliphatic heterocycles. The number of rotatable bonds is 7. The van der Waals surface area contributed by atoms with Crippen molar-refractivity contribution in [2.75, 3.05) is 11.9 Å². The van der Waals surface area contributed by atoms with Crippen molar-refractivity contribution >= 4 is 53.1 Å². The molecule has 1 saturated carbocycles. The predicted molar refractivity (Wildman–Crippen MR) is 105 cm³/mol. The van der Waals surface area contributed by atoms with Gasteiger partial charge in [0.2, 0.25) is 5.91 Å². The Kier molecular flexibility index (Phi) is 8.55. The smallest absolute Gasteiger partial charge is 0.260 e. The van der Waals surface area contributed by atoms with Crippen LogP contribution in [-0.4, -0.2) is 29.4 Å². The van der Waals surface area contributed by atoms with Gasteiger partial charge in [0, 0.05) is 18.0 Å². The summed E-state index contributed by atoms with van der Waals surface area (Å²) in [6.45, 7) is 2.18. The number of furan rings is 1. The molecule has 0 aromatic carbocycles. The number of nitrogens with two attached hydrogens (primary N) is 1. The first kappa shape index (κ1) is 22.4.